The van der Waals surface area contributed by atoms with Gasteiger partial charge in [-0.05, 0) is 57.8 Å². The van der Waals surface area contributed by atoms with Crippen LogP contribution < -0.4 is 0 Å². The van der Waals surface area contributed by atoms with Gasteiger partial charge in [0.25, 0.3) is 0 Å². The first kappa shape index (κ1) is 39.1. The number of carbonyl (C=O) groups excluding carboxylic acids is 1. The maximum atomic E-state index is 11.3. The van der Waals surface area contributed by atoms with Crippen LogP contribution in [0.2, 0.25) is 0 Å². The van der Waals surface area contributed by atoms with Gasteiger partial charge in [-0.25, -0.2) is 0 Å². The van der Waals surface area contributed by atoms with Crippen molar-refractivity contribution in [2.75, 3.05) is 0 Å². The van der Waals surface area contributed by atoms with Crippen molar-refractivity contribution >= 4 is 5.78 Å². The fraction of sp³-hybridized carbons (Fsp3) is 0.872. The van der Waals surface area contributed by atoms with Crippen LogP contribution in [0.25, 0.3) is 0 Å². The molecule has 0 aliphatic carbocycles. The lowest BCUT2D eigenvalue weighted by atomic mass is 10.0. The first-order chi connectivity index (χ1) is 19.8. The summed E-state index contributed by atoms with van der Waals surface area (Å²) in [7, 11) is 0. The van der Waals surface area contributed by atoms with E-state index in [0.29, 0.717) is 12.2 Å². The second kappa shape index (κ2) is 36.2. The van der Waals surface area contributed by atoms with E-state index in [4.69, 9.17) is 0 Å². The molecule has 0 unspecified atom stereocenters. The Morgan fingerprint density at radius 3 is 0.900 bits per heavy atom. The number of Topliss-reactive ketones (excluding diaryl/α,β-unsaturated/α-hetero) is 1. The van der Waals surface area contributed by atoms with E-state index < -0.39 is 0 Å². The van der Waals surface area contributed by atoms with Crippen molar-refractivity contribution in [1.29, 1.82) is 0 Å². The largest absolute Gasteiger partial charge is 0.300 e. The van der Waals surface area contributed by atoms with Crippen molar-refractivity contribution in [3.63, 3.8) is 0 Å². The topological polar surface area (TPSA) is 17.1 Å². The van der Waals surface area contributed by atoms with Gasteiger partial charge >= 0.3 is 0 Å². The molecule has 0 saturated heterocycles. The first-order valence-corrected chi connectivity index (χ1v) is 18.6. The third-order valence-electron chi connectivity index (χ3n) is 8.52. The predicted molar refractivity (Wildman–Crippen MR) is 182 cm³/mol. The Balaban J connectivity index is 3.16. The molecule has 0 aromatic heterocycles. The van der Waals surface area contributed by atoms with Gasteiger partial charge in [0.2, 0.25) is 0 Å². The molecule has 236 valence electrons. The molecule has 0 aliphatic rings. The van der Waals surface area contributed by atoms with Crippen LogP contribution in [0, 0.1) is 0 Å². The Morgan fingerprint density at radius 1 is 0.350 bits per heavy atom. The number of rotatable bonds is 34. The summed E-state index contributed by atoms with van der Waals surface area (Å²) in [5.41, 5.74) is 0. The highest BCUT2D eigenvalue weighted by molar-refractivity contribution is 5.77. The Morgan fingerprint density at radius 2 is 0.600 bits per heavy atom. The van der Waals surface area contributed by atoms with Gasteiger partial charge in [-0.3, -0.25) is 4.79 Å². The van der Waals surface area contributed by atoms with Crippen LogP contribution in [0.1, 0.15) is 219 Å². The zero-order valence-corrected chi connectivity index (χ0v) is 27.8. The number of ketones is 1. The van der Waals surface area contributed by atoms with Gasteiger partial charge in [-0.1, -0.05) is 173 Å². The van der Waals surface area contributed by atoms with Gasteiger partial charge in [-0.15, -0.1) is 0 Å². The van der Waals surface area contributed by atoms with Gasteiger partial charge in [0.05, 0.1) is 0 Å². The van der Waals surface area contributed by atoms with E-state index in [1.807, 2.05) is 6.92 Å². The molecule has 0 bridgehead atoms. The number of allylic oxidation sites excluding steroid dienone is 4. The molecule has 1 nitrogen and oxygen atoms in total. The highest BCUT2D eigenvalue weighted by Gasteiger charge is 1.98. The second-order valence-electron chi connectivity index (χ2n) is 12.6. The number of hydrogen-bond acceptors (Lipinski definition) is 1. The van der Waals surface area contributed by atoms with Crippen molar-refractivity contribution in [3.8, 4) is 0 Å². The number of hydrogen-bond donors (Lipinski definition) is 0. The van der Waals surface area contributed by atoms with E-state index in [1.54, 1.807) is 0 Å². The van der Waals surface area contributed by atoms with E-state index >= 15 is 0 Å². The van der Waals surface area contributed by atoms with E-state index in [9.17, 15) is 4.79 Å². The molecule has 0 spiro atoms. The molecule has 0 N–H and O–H groups in total. The molecule has 0 aromatic carbocycles. The standard InChI is InChI=1S/C39H74O/c1-3-5-6-7-8-9-10-11-12-13-14-15-16-17-18-19-20-21-22-23-24-25-26-27-28-29-30-31-32-33-34-35-36-37-38-39(40)4-2/h17-18,24-25H,3-16,19-23,26-38H2,1-2H3/b18-17+,25-24+. The van der Waals surface area contributed by atoms with Gasteiger partial charge in [-0.2, -0.15) is 0 Å². The Kier molecular flexibility index (Phi) is 35.4. The van der Waals surface area contributed by atoms with Crippen molar-refractivity contribution in [2.24, 2.45) is 0 Å². The molecule has 0 rings (SSSR count). The van der Waals surface area contributed by atoms with Crippen LogP contribution in [0.3, 0.4) is 0 Å². The molecule has 0 aromatic rings. The average molecular weight is 559 g/mol. The molecule has 0 heterocycles. The maximum absolute atomic E-state index is 11.3. The maximum Gasteiger partial charge on any atom is 0.132 e. The fourth-order valence-corrected chi connectivity index (χ4v) is 5.63. The quantitative estimate of drug-likeness (QED) is 0.0567. The Labute approximate surface area is 253 Å². The monoisotopic (exact) mass is 559 g/mol. The van der Waals surface area contributed by atoms with Crippen LogP contribution in [0.15, 0.2) is 24.3 Å². The number of carbonyl (C=O) groups is 1. The molecule has 40 heavy (non-hydrogen) atoms. The molecular weight excluding hydrogens is 484 g/mol. The van der Waals surface area contributed by atoms with E-state index in [-0.39, 0.29) is 0 Å². The van der Waals surface area contributed by atoms with Gasteiger partial charge in [0, 0.05) is 12.8 Å². The first-order valence-electron chi connectivity index (χ1n) is 18.6. The molecule has 0 saturated carbocycles. The summed E-state index contributed by atoms with van der Waals surface area (Å²) in [6.07, 6.45) is 52.7. The van der Waals surface area contributed by atoms with Gasteiger partial charge in [0.1, 0.15) is 5.78 Å². The summed E-state index contributed by atoms with van der Waals surface area (Å²) in [5.74, 6) is 0.434. The van der Waals surface area contributed by atoms with Gasteiger partial charge < -0.3 is 0 Å². The minimum Gasteiger partial charge on any atom is -0.300 e. The molecule has 0 fully saturated rings. The third kappa shape index (κ3) is 35.2. The lowest BCUT2D eigenvalue weighted by Crippen LogP contribution is -1.94. The van der Waals surface area contributed by atoms with E-state index in [2.05, 4.69) is 31.2 Å². The predicted octanol–water partition coefficient (Wildman–Crippen LogP) is 14.2. The van der Waals surface area contributed by atoms with Crippen molar-refractivity contribution in [1.82, 2.24) is 0 Å². The number of unbranched alkanes of at least 4 members (excludes halogenated alkanes) is 27. The van der Waals surface area contributed by atoms with Crippen LogP contribution in [-0.2, 0) is 4.79 Å². The van der Waals surface area contributed by atoms with E-state index in [0.717, 1.165) is 12.8 Å². The highest BCUT2D eigenvalue weighted by Crippen LogP contribution is 2.14. The van der Waals surface area contributed by atoms with Crippen LogP contribution in [0.5, 0.6) is 0 Å². The summed E-state index contributed by atoms with van der Waals surface area (Å²) >= 11 is 0. The lowest BCUT2D eigenvalue weighted by Gasteiger charge is -2.02. The van der Waals surface area contributed by atoms with Crippen molar-refractivity contribution < 1.29 is 4.79 Å². The molecule has 0 amide bonds. The summed E-state index contributed by atoms with van der Waals surface area (Å²) in [6, 6.07) is 0. The zero-order chi connectivity index (χ0) is 29.0. The van der Waals surface area contributed by atoms with E-state index in [1.165, 1.54) is 186 Å². The average Bonchev–Trinajstić information content (AvgIpc) is 2.97. The molecule has 0 aliphatic heterocycles. The lowest BCUT2D eigenvalue weighted by molar-refractivity contribution is -0.118. The summed E-state index contributed by atoms with van der Waals surface area (Å²) in [6.45, 7) is 4.27. The summed E-state index contributed by atoms with van der Waals surface area (Å²) in [5, 5.41) is 0. The molecule has 0 radical (unpaired) electrons. The Hall–Kier alpha value is -0.850. The van der Waals surface area contributed by atoms with Crippen molar-refractivity contribution in [2.45, 2.75) is 219 Å². The summed E-state index contributed by atoms with van der Waals surface area (Å²) < 4.78 is 0. The van der Waals surface area contributed by atoms with Gasteiger partial charge in [0.15, 0.2) is 0 Å². The van der Waals surface area contributed by atoms with Crippen molar-refractivity contribution in [3.05, 3.63) is 24.3 Å². The normalized spacial score (nSPS) is 11.8. The minimum atomic E-state index is 0.434. The molecule has 0 atom stereocenters. The molecule has 1 heteroatoms. The smallest absolute Gasteiger partial charge is 0.132 e. The van der Waals surface area contributed by atoms with Crippen LogP contribution in [0.4, 0.5) is 0 Å². The highest BCUT2D eigenvalue weighted by atomic mass is 16.1. The molecular formula is C39H74O. The van der Waals surface area contributed by atoms with Crippen LogP contribution in [-0.4, -0.2) is 5.78 Å². The second-order valence-corrected chi connectivity index (χ2v) is 12.6. The minimum absolute atomic E-state index is 0.434. The fourth-order valence-electron chi connectivity index (χ4n) is 5.63. The summed E-state index contributed by atoms with van der Waals surface area (Å²) in [4.78, 5) is 11.3. The Bertz CT molecular complexity index is 531. The third-order valence-corrected chi connectivity index (χ3v) is 8.52. The zero-order valence-electron chi connectivity index (χ0n) is 27.8. The SMILES string of the molecule is CCCCCCCCCCCCCC/C=C/CCCCC/C=C/CCCCCCCCCCCCCC(=O)CC. The van der Waals surface area contributed by atoms with Crippen LogP contribution >= 0.6 is 0 Å².